The van der Waals surface area contributed by atoms with Crippen LogP contribution in [0, 0.1) is 6.92 Å². The lowest BCUT2D eigenvalue weighted by molar-refractivity contribution is 0.343. The van der Waals surface area contributed by atoms with Gasteiger partial charge < -0.3 is 4.90 Å². The number of anilines is 1. The fraction of sp³-hybridized carbons (Fsp3) is 0.241. The highest BCUT2D eigenvalue weighted by Crippen LogP contribution is 2.53. The van der Waals surface area contributed by atoms with Gasteiger partial charge in [0, 0.05) is 11.3 Å². The third kappa shape index (κ3) is 2.61. The Balaban J connectivity index is 1.84. The molecule has 0 saturated carbocycles. The van der Waals surface area contributed by atoms with Crippen LogP contribution in [0.5, 0.6) is 0 Å². The number of aryl methyl sites for hydroxylation is 1. The van der Waals surface area contributed by atoms with Gasteiger partial charge in [0.1, 0.15) is 0 Å². The average Bonchev–Trinajstić information content (AvgIpc) is 2.72. The number of benzene rings is 4. The zero-order valence-electron chi connectivity index (χ0n) is 18.5. The normalized spacial score (nSPS) is 16.6. The van der Waals surface area contributed by atoms with Crippen molar-refractivity contribution < 1.29 is 0 Å². The van der Waals surface area contributed by atoms with Crippen molar-refractivity contribution in [3.05, 3.63) is 102 Å². The van der Waals surface area contributed by atoms with Crippen LogP contribution in [0.2, 0.25) is 0 Å². The van der Waals surface area contributed by atoms with Gasteiger partial charge >= 0.3 is 0 Å². The van der Waals surface area contributed by atoms with Crippen molar-refractivity contribution in [1.29, 1.82) is 0 Å². The summed E-state index contributed by atoms with van der Waals surface area (Å²) in [5, 5.41) is 2.77. The van der Waals surface area contributed by atoms with Crippen molar-refractivity contribution in [2.75, 3.05) is 4.90 Å². The summed E-state index contributed by atoms with van der Waals surface area (Å²) in [5.74, 6) is 0. The van der Waals surface area contributed by atoms with E-state index in [4.69, 9.17) is 0 Å². The second-order valence-electron chi connectivity index (χ2n) is 9.55. The first kappa shape index (κ1) is 18.9. The number of nitrogens with zero attached hydrogens (tertiary/aromatic N) is 1. The van der Waals surface area contributed by atoms with Crippen LogP contribution in [0.3, 0.4) is 0 Å². The van der Waals surface area contributed by atoms with E-state index >= 15 is 0 Å². The van der Waals surface area contributed by atoms with E-state index in [2.05, 4.69) is 124 Å². The van der Waals surface area contributed by atoms with E-state index < -0.39 is 0 Å². The number of hydrogen-bond acceptors (Lipinski definition) is 1. The van der Waals surface area contributed by atoms with Crippen LogP contribution in [-0.2, 0) is 11.1 Å². The predicted octanol–water partition coefficient (Wildman–Crippen LogP) is 7.81. The highest BCUT2D eigenvalue weighted by atomic mass is 15.3. The average molecular weight is 392 g/mol. The van der Waals surface area contributed by atoms with Crippen molar-refractivity contribution in [3.8, 4) is 11.1 Å². The molecule has 1 heterocycles. The lowest BCUT2D eigenvalue weighted by Crippen LogP contribution is -2.55. The molecule has 0 unspecified atom stereocenters. The van der Waals surface area contributed by atoms with Crippen molar-refractivity contribution in [2.45, 2.75) is 45.7 Å². The Morgan fingerprint density at radius 3 is 2.07 bits per heavy atom. The fourth-order valence-electron chi connectivity index (χ4n) is 5.64. The first-order valence-electron chi connectivity index (χ1n) is 10.8. The van der Waals surface area contributed by atoms with E-state index in [9.17, 15) is 0 Å². The zero-order valence-corrected chi connectivity index (χ0v) is 18.5. The van der Waals surface area contributed by atoms with Gasteiger partial charge in [0.05, 0.1) is 11.1 Å². The Bertz CT molecular complexity index is 1250. The van der Waals surface area contributed by atoms with Crippen LogP contribution in [0.1, 0.15) is 44.4 Å². The minimum Gasteiger partial charge on any atom is -0.353 e. The second kappa shape index (κ2) is 6.47. The molecule has 1 aliphatic heterocycles. The molecule has 0 amide bonds. The molecule has 1 aliphatic rings. The lowest BCUT2D eigenvalue weighted by atomic mass is 9.72. The van der Waals surface area contributed by atoms with Gasteiger partial charge in [-0.25, -0.2) is 0 Å². The summed E-state index contributed by atoms with van der Waals surface area (Å²) in [4.78, 5) is 2.64. The van der Waals surface area contributed by atoms with Crippen LogP contribution in [-0.4, -0.2) is 0 Å². The molecule has 30 heavy (non-hydrogen) atoms. The van der Waals surface area contributed by atoms with E-state index in [0.29, 0.717) is 0 Å². The fourth-order valence-corrected chi connectivity index (χ4v) is 5.64. The Morgan fingerprint density at radius 1 is 0.633 bits per heavy atom. The summed E-state index contributed by atoms with van der Waals surface area (Å²) in [6.07, 6.45) is 0. The first-order chi connectivity index (χ1) is 14.3. The number of rotatable bonds is 2. The van der Waals surface area contributed by atoms with Crippen molar-refractivity contribution >= 4 is 16.5 Å². The molecular formula is C29H29N. The van der Waals surface area contributed by atoms with E-state index in [1.807, 2.05) is 0 Å². The van der Waals surface area contributed by atoms with Gasteiger partial charge in [-0.2, -0.15) is 0 Å². The van der Waals surface area contributed by atoms with Gasteiger partial charge in [-0.3, -0.25) is 0 Å². The number of hydrogen-bond donors (Lipinski definition) is 0. The maximum absolute atomic E-state index is 2.64. The Labute approximate surface area is 180 Å². The molecule has 0 saturated heterocycles. The Morgan fingerprint density at radius 2 is 1.30 bits per heavy atom. The quantitative estimate of drug-likeness (QED) is 0.337. The van der Waals surface area contributed by atoms with Gasteiger partial charge in [-0.15, -0.1) is 0 Å². The molecule has 5 rings (SSSR count). The van der Waals surface area contributed by atoms with Crippen LogP contribution >= 0.6 is 0 Å². The molecule has 0 bridgehead atoms. The molecule has 4 aromatic carbocycles. The van der Waals surface area contributed by atoms with E-state index in [1.165, 1.54) is 44.3 Å². The van der Waals surface area contributed by atoms with Gasteiger partial charge in [0.25, 0.3) is 0 Å². The topological polar surface area (TPSA) is 3.24 Å². The van der Waals surface area contributed by atoms with Gasteiger partial charge in [-0.1, -0.05) is 84.4 Å². The van der Waals surface area contributed by atoms with E-state index in [0.717, 1.165) is 0 Å². The summed E-state index contributed by atoms with van der Waals surface area (Å²) < 4.78 is 0. The first-order valence-corrected chi connectivity index (χ1v) is 10.8. The molecule has 0 spiro atoms. The van der Waals surface area contributed by atoms with E-state index in [-0.39, 0.29) is 11.1 Å². The smallest absolute Gasteiger partial charge is 0.0612 e. The van der Waals surface area contributed by atoms with E-state index in [1.54, 1.807) is 0 Å². The van der Waals surface area contributed by atoms with Gasteiger partial charge in [-0.05, 0) is 68.1 Å². The van der Waals surface area contributed by atoms with Gasteiger partial charge in [0.2, 0.25) is 0 Å². The molecule has 0 N–H and O–H groups in total. The zero-order chi connectivity index (χ0) is 21.1. The second-order valence-corrected chi connectivity index (χ2v) is 9.55. The van der Waals surface area contributed by atoms with Gasteiger partial charge in [0.15, 0.2) is 0 Å². The summed E-state index contributed by atoms with van der Waals surface area (Å²) in [6, 6.07) is 31.1. The highest BCUT2D eigenvalue weighted by molar-refractivity contribution is 5.94. The predicted molar refractivity (Wildman–Crippen MR) is 129 cm³/mol. The lowest BCUT2D eigenvalue weighted by Gasteiger charge is -2.55. The molecule has 0 fully saturated rings. The van der Waals surface area contributed by atoms with Crippen LogP contribution in [0.4, 0.5) is 5.69 Å². The minimum absolute atomic E-state index is 0.157. The maximum atomic E-state index is 2.64. The summed E-state index contributed by atoms with van der Waals surface area (Å²) >= 11 is 0. The van der Waals surface area contributed by atoms with Crippen LogP contribution in [0.25, 0.3) is 21.9 Å². The largest absolute Gasteiger partial charge is 0.353 e. The maximum Gasteiger partial charge on any atom is 0.0612 e. The molecule has 0 atom stereocenters. The summed E-state index contributed by atoms with van der Waals surface area (Å²) in [6.45, 7) is 11.7. The summed E-state index contributed by atoms with van der Waals surface area (Å²) in [7, 11) is 0. The van der Waals surface area contributed by atoms with Crippen molar-refractivity contribution in [2.24, 2.45) is 0 Å². The Hall–Kier alpha value is -3.06. The molecule has 150 valence electrons. The van der Waals surface area contributed by atoms with Crippen LogP contribution < -0.4 is 4.90 Å². The SMILES string of the molecule is Cc1cc2c3c(cccc3c1)C(C)(C)N(c1ccccc1-c1ccccc1)C2(C)C. The minimum atomic E-state index is -0.160. The molecule has 0 aliphatic carbocycles. The van der Waals surface area contributed by atoms with Crippen molar-refractivity contribution in [3.63, 3.8) is 0 Å². The monoisotopic (exact) mass is 391 g/mol. The summed E-state index contributed by atoms with van der Waals surface area (Å²) in [5.41, 5.74) is 7.63. The molecule has 1 heteroatoms. The third-order valence-electron chi connectivity index (χ3n) is 6.79. The number of para-hydroxylation sites is 1. The van der Waals surface area contributed by atoms with Crippen LogP contribution in [0.15, 0.2) is 84.9 Å². The highest BCUT2D eigenvalue weighted by Gasteiger charge is 2.46. The molecular weight excluding hydrogens is 362 g/mol. The standard InChI is InChI=1S/C29H29N/c1-20-18-22-14-11-16-24-27(22)25(19-20)29(4,5)30(28(24,2)3)26-17-10-9-15-23(26)21-12-7-6-8-13-21/h6-19H,1-5H3. The molecule has 1 nitrogen and oxygen atoms in total. The molecule has 0 aromatic heterocycles. The molecule has 4 aromatic rings. The third-order valence-corrected chi connectivity index (χ3v) is 6.79. The van der Waals surface area contributed by atoms with Crippen molar-refractivity contribution in [1.82, 2.24) is 0 Å². The molecule has 0 radical (unpaired) electrons. The Kier molecular flexibility index (Phi) is 4.08.